The summed E-state index contributed by atoms with van der Waals surface area (Å²) in [7, 11) is 1.84. The first-order valence-electron chi connectivity index (χ1n) is 7.14. The summed E-state index contributed by atoms with van der Waals surface area (Å²) in [4.78, 5) is 1.39. The molecule has 1 aromatic heterocycles. The van der Waals surface area contributed by atoms with E-state index in [4.69, 9.17) is 9.47 Å². The predicted octanol–water partition coefficient (Wildman–Crippen LogP) is 3.29. The zero-order valence-electron chi connectivity index (χ0n) is 12.2. The van der Waals surface area contributed by atoms with E-state index in [1.54, 1.807) is 0 Å². The van der Waals surface area contributed by atoms with Gasteiger partial charge in [-0.3, -0.25) is 0 Å². The fourth-order valence-corrected chi connectivity index (χ4v) is 3.63. The first-order chi connectivity index (χ1) is 9.23. The third kappa shape index (κ3) is 3.19. The Balaban J connectivity index is 2.27. The molecule has 1 aliphatic heterocycles. The first kappa shape index (κ1) is 15.0. The maximum atomic E-state index is 5.98. The molecule has 1 N–H and O–H groups in total. The van der Waals surface area contributed by atoms with E-state index in [0.29, 0.717) is 0 Å². The third-order valence-corrected chi connectivity index (χ3v) is 4.94. The summed E-state index contributed by atoms with van der Waals surface area (Å²) >= 11 is 1.81. The van der Waals surface area contributed by atoms with Crippen LogP contribution in [0.2, 0.25) is 0 Å². The lowest BCUT2D eigenvalue weighted by Gasteiger charge is -2.43. The zero-order chi connectivity index (χ0) is 13.7. The minimum Gasteiger partial charge on any atom is -0.381 e. The molecule has 3 nitrogen and oxygen atoms in total. The fraction of sp³-hybridized carbons (Fsp3) is 0.733. The Morgan fingerprint density at radius 2 is 2.21 bits per heavy atom. The number of thiophene rings is 1. The zero-order valence-corrected chi connectivity index (χ0v) is 13.0. The molecule has 1 fully saturated rings. The molecule has 1 aromatic rings. The molecule has 19 heavy (non-hydrogen) atoms. The summed E-state index contributed by atoms with van der Waals surface area (Å²) in [6.07, 6.45) is 3.05. The minimum absolute atomic E-state index is 0.126. The lowest BCUT2D eigenvalue weighted by molar-refractivity contribution is -0.111. The highest BCUT2D eigenvalue weighted by molar-refractivity contribution is 7.10. The Labute approximate surface area is 120 Å². The second-order valence-corrected chi connectivity index (χ2v) is 6.32. The molecule has 0 amide bonds. The van der Waals surface area contributed by atoms with Gasteiger partial charge in [0.2, 0.25) is 0 Å². The fourth-order valence-electron chi connectivity index (χ4n) is 2.89. The van der Waals surface area contributed by atoms with Gasteiger partial charge in [-0.15, -0.1) is 11.3 Å². The van der Waals surface area contributed by atoms with Crippen molar-refractivity contribution in [1.82, 2.24) is 5.32 Å². The van der Waals surface area contributed by atoms with Gasteiger partial charge in [-0.05, 0) is 36.9 Å². The average Bonchev–Trinajstić information content (AvgIpc) is 2.86. The average molecular weight is 283 g/mol. The Bertz CT molecular complexity index is 385. The van der Waals surface area contributed by atoms with Crippen molar-refractivity contribution >= 4 is 11.3 Å². The van der Waals surface area contributed by atoms with E-state index in [1.807, 2.05) is 18.4 Å². The molecule has 0 aromatic carbocycles. The van der Waals surface area contributed by atoms with Crippen LogP contribution in [0.15, 0.2) is 11.4 Å². The molecule has 1 unspecified atom stereocenters. The van der Waals surface area contributed by atoms with Gasteiger partial charge in [0.15, 0.2) is 0 Å². The largest absolute Gasteiger partial charge is 0.381 e. The highest BCUT2D eigenvalue weighted by Gasteiger charge is 2.41. The summed E-state index contributed by atoms with van der Waals surface area (Å²) in [6.45, 7) is 7.01. The van der Waals surface area contributed by atoms with Gasteiger partial charge in [0, 0.05) is 38.0 Å². The predicted molar refractivity (Wildman–Crippen MR) is 79.9 cm³/mol. The molecule has 1 atom stereocenters. The molecule has 0 bridgehead atoms. The highest BCUT2D eigenvalue weighted by Crippen LogP contribution is 2.39. The minimum atomic E-state index is -0.126. The number of rotatable bonds is 6. The Kier molecular flexibility index (Phi) is 5.39. The number of methoxy groups -OCH3 is 1. The molecule has 2 rings (SSSR count). The van der Waals surface area contributed by atoms with Crippen LogP contribution in [0.1, 0.15) is 42.7 Å². The maximum Gasteiger partial charge on any atom is 0.0916 e. The van der Waals surface area contributed by atoms with Crippen molar-refractivity contribution in [2.75, 3.05) is 26.9 Å². The smallest absolute Gasteiger partial charge is 0.0916 e. The molecule has 0 aliphatic carbocycles. The molecule has 108 valence electrons. The van der Waals surface area contributed by atoms with Crippen LogP contribution in [0, 0.1) is 6.92 Å². The summed E-state index contributed by atoms with van der Waals surface area (Å²) in [5, 5.41) is 5.87. The van der Waals surface area contributed by atoms with Crippen LogP contribution >= 0.6 is 11.3 Å². The molecule has 2 heterocycles. The van der Waals surface area contributed by atoms with Gasteiger partial charge in [-0.2, -0.15) is 0 Å². The van der Waals surface area contributed by atoms with Crippen molar-refractivity contribution < 1.29 is 9.47 Å². The van der Waals surface area contributed by atoms with E-state index in [1.165, 1.54) is 10.4 Å². The van der Waals surface area contributed by atoms with Crippen LogP contribution in [-0.2, 0) is 9.47 Å². The van der Waals surface area contributed by atoms with Crippen molar-refractivity contribution in [2.24, 2.45) is 0 Å². The number of hydrogen-bond acceptors (Lipinski definition) is 4. The second kappa shape index (κ2) is 6.84. The monoisotopic (exact) mass is 283 g/mol. The molecule has 1 saturated heterocycles. The summed E-state index contributed by atoms with van der Waals surface area (Å²) < 4.78 is 11.5. The van der Waals surface area contributed by atoms with Gasteiger partial charge in [0.25, 0.3) is 0 Å². The number of ether oxygens (including phenoxy) is 2. The van der Waals surface area contributed by atoms with Crippen LogP contribution < -0.4 is 5.32 Å². The van der Waals surface area contributed by atoms with E-state index < -0.39 is 0 Å². The van der Waals surface area contributed by atoms with E-state index in [-0.39, 0.29) is 11.6 Å². The van der Waals surface area contributed by atoms with Gasteiger partial charge in [-0.25, -0.2) is 0 Å². The molecular weight excluding hydrogens is 258 g/mol. The van der Waals surface area contributed by atoms with Crippen LogP contribution in [0.25, 0.3) is 0 Å². The van der Waals surface area contributed by atoms with Crippen LogP contribution in [0.3, 0.4) is 0 Å². The standard InChI is InChI=1S/C15H25NO2S/c1-4-8-16-14(13-5-11-19-12(13)2)15(17-3)6-9-18-10-7-15/h5,11,14,16H,4,6-10H2,1-3H3. The Morgan fingerprint density at radius 1 is 1.47 bits per heavy atom. The molecule has 0 saturated carbocycles. The summed E-state index contributed by atoms with van der Waals surface area (Å²) in [6, 6.07) is 2.51. The van der Waals surface area contributed by atoms with Gasteiger partial charge in [0.1, 0.15) is 0 Å². The lowest BCUT2D eigenvalue weighted by atomic mass is 9.82. The van der Waals surface area contributed by atoms with E-state index in [0.717, 1.165) is 39.0 Å². The van der Waals surface area contributed by atoms with Crippen molar-refractivity contribution in [2.45, 2.75) is 44.8 Å². The lowest BCUT2D eigenvalue weighted by Crippen LogP contribution is -2.49. The maximum absolute atomic E-state index is 5.98. The molecule has 0 spiro atoms. The van der Waals surface area contributed by atoms with Crippen LogP contribution in [-0.4, -0.2) is 32.5 Å². The van der Waals surface area contributed by atoms with Crippen LogP contribution in [0.4, 0.5) is 0 Å². The quantitative estimate of drug-likeness (QED) is 0.869. The van der Waals surface area contributed by atoms with Crippen molar-refractivity contribution in [3.05, 3.63) is 21.9 Å². The summed E-state index contributed by atoms with van der Waals surface area (Å²) in [5.74, 6) is 0. The Morgan fingerprint density at radius 3 is 2.74 bits per heavy atom. The topological polar surface area (TPSA) is 30.5 Å². The van der Waals surface area contributed by atoms with E-state index >= 15 is 0 Å². The molecule has 4 heteroatoms. The highest BCUT2D eigenvalue weighted by atomic mass is 32.1. The van der Waals surface area contributed by atoms with Crippen molar-refractivity contribution in [3.8, 4) is 0 Å². The molecular formula is C15H25NO2S. The van der Waals surface area contributed by atoms with E-state index in [2.05, 4.69) is 30.6 Å². The first-order valence-corrected chi connectivity index (χ1v) is 8.02. The number of nitrogens with one attached hydrogen (secondary N) is 1. The second-order valence-electron chi connectivity index (χ2n) is 5.20. The normalized spacial score (nSPS) is 20.4. The summed E-state index contributed by atoms with van der Waals surface area (Å²) in [5.41, 5.74) is 1.27. The van der Waals surface area contributed by atoms with Gasteiger partial charge >= 0.3 is 0 Å². The van der Waals surface area contributed by atoms with Crippen LogP contribution in [0.5, 0.6) is 0 Å². The SMILES string of the molecule is CCCNC(c1ccsc1C)C1(OC)CCOCC1. The Hall–Kier alpha value is -0.420. The number of aryl methyl sites for hydroxylation is 1. The molecule has 1 aliphatic rings. The van der Waals surface area contributed by atoms with E-state index in [9.17, 15) is 0 Å². The molecule has 0 radical (unpaired) electrons. The third-order valence-electron chi connectivity index (χ3n) is 4.08. The van der Waals surface area contributed by atoms with Gasteiger partial charge in [0.05, 0.1) is 11.6 Å². The van der Waals surface area contributed by atoms with Crippen molar-refractivity contribution in [3.63, 3.8) is 0 Å². The van der Waals surface area contributed by atoms with Gasteiger partial charge < -0.3 is 14.8 Å². The van der Waals surface area contributed by atoms with Gasteiger partial charge in [-0.1, -0.05) is 6.92 Å². The van der Waals surface area contributed by atoms with Crippen molar-refractivity contribution in [1.29, 1.82) is 0 Å². The number of hydrogen-bond donors (Lipinski definition) is 1.